The smallest absolute Gasteiger partial charge is 0.284 e. The summed E-state index contributed by atoms with van der Waals surface area (Å²) in [7, 11) is 1.68. The third-order valence-electron chi connectivity index (χ3n) is 0.960. The van der Waals surface area contributed by atoms with Crippen LogP contribution in [0.4, 0.5) is 0 Å². The van der Waals surface area contributed by atoms with Gasteiger partial charge in [0.05, 0.1) is 0 Å². The summed E-state index contributed by atoms with van der Waals surface area (Å²) in [6.45, 7) is 8.45. The highest BCUT2D eigenvalue weighted by atomic mass is 16.5. The molecule has 76 valence electrons. The van der Waals surface area contributed by atoms with Crippen molar-refractivity contribution in [2.45, 2.75) is 13.8 Å². The van der Waals surface area contributed by atoms with E-state index in [1.54, 1.807) is 14.0 Å². The number of rotatable bonds is 4. The maximum atomic E-state index is 10.2. The van der Waals surface area contributed by atoms with Crippen molar-refractivity contribution in [1.82, 2.24) is 5.32 Å². The Morgan fingerprint density at radius 1 is 1.62 bits per heavy atom. The molecule has 0 aromatic rings. The van der Waals surface area contributed by atoms with Crippen LogP contribution in [0, 0.1) is 0 Å². The summed E-state index contributed by atoms with van der Waals surface area (Å²) in [6.07, 6.45) is 0.239. The Morgan fingerprint density at radius 3 is 2.31 bits per heavy atom. The predicted octanol–water partition coefficient (Wildman–Crippen LogP) is 0.530. The topological polar surface area (TPSA) is 55.4 Å². The first kappa shape index (κ1) is 14.4. The summed E-state index contributed by atoms with van der Waals surface area (Å²) >= 11 is 0. The molecule has 0 atom stereocenters. The minimum absolute atomic E-state index is 0.239. The van der Waals surface area contributed by atoms with Crippen LogP contribution >= 0.6 is 0 Å². The molecule has 0 radical (unpaired) electrons. The molecule has 0 aliphatic rings. The number of methoxy groups -OCH3 is 1. The van der Waals surface area contributed by atoms with E-state index in [4.69, 9.17) is 0 Å². The average molecular weight is 187 g/mol. The van der Waals surface area contributed by atoms with Crippen molar-refractivity contribution in [3.05, 3.63) is 12.2 Å². The van der Waals surface area contributed by atoms with Crippen molar-refractivity contribution in [1.29, 1.82) is 0 Å². The first-order valence-corrected chi connectivity index (χ1v) is 3.94. The molecule has 4 nitrogen and oxygen atoms in total. The van der Waals surface area contributed by atoms with Gasteiger partial charge < -0.3 is 10.1 Å². The third-order valence-corrected chi connectivity index (χ3v) is 0.960. The highest BCUT2D eigenvalue weighted by Crippen LogP contribution is 1.79. The summed E-state index contributed by atoms with van der Waals surface area (Å²) in [5, 5.41) is 2.33. The molecule has 0 aliphatic carbocycles. The number of amides is 1. The Kier molecular flexibility index (Phi) is 12.0. The van der Waals surface area contributed by atoms with Crippen molar-refractivity contribution in [2.24, 2.45) is 0 Å². The number of carbonyl (C=O) groups is 2. The first-order valence-electron chi connectivity index (χ1n) is 3.94. The van der Waals surface area contributed by atoms with Crippen molar-refractivity contribution in [2.75, 3.05) is 20.3 Å². The fourth-order valence-corrected chi connectivity index (χ4v) is 0.280. The van der Waals surface area contributed by atoms with E-state index in [2.05, 4.69) is 16.6 Å². The third kappa shape index (κ3) is 18.1. The normalized spacial score (nSPS) is 7.92. The number of carbonyl (C=O) groups excluding carboxylic acids is 2. The first-order chi connectivity index (χ1) is 6.08. The maximum absolute atomic E-state index is 10.2. The molecule has 0 bridgehead atoms. The molecule has 0 spiro atoms. The number of ether oxygens (including phenoxy) is 1. The lowest BCUT2D eigenvalue weighted by Gasteiger charge is -1.96. The van der Waals surface area contributed by atoms with E-state index in [9.17, 15) is 9.59 Å². The molecule has 0 aromatic heterocycles. The zero-order valence-corrected chi connectivity index (χ0v) is 8.42. The van der Waals surface area contributed by atoms with E-state index in [0.717, 1.165) is 12.2 Å². The summed E-state index contributed by atoms with van der Waals surface area (Å²) in [6, 6.07) is 0. The van der Waals surface area contributed by atoms with Crippen LogP contribution in [0.2, 0.25) is 0 Å². The van der Waals surface area contributed by atoms with Crippen LogP contribution in [-0.2, 0) is 14.3 Å². The molecule has 0 fully saturated rings. The molecule has 0 aromatic carbocycles. The molecule has 0 rings (SSSR count). The summed E-state index contributed by atoms with van der Waals surface area (Å²) in [5.74, 6) is -0.599. The SMILES string of the molecule is C=C(C)CNC(=O)C=O.CCOC. The molecule has 1 amide bonds. The van der Waals surface area contributed by atoms with E-state index in [0.29, 0.717) is 6.54 Å². The molecule has 4 heteroatoms. The minimum atomic E-state index is -0.599. The van der Waals surface area contributed by atoms with Crippen LogP contribution in [0.15, 0.2) is 12.2 Å². The second-order valence-corrected chi connectivity index (χ2v) is 2.37. The van der Waals surface area contributed by atoms with E-state index in [1.165, 1.54) is 0 Å². The van der Waals surface area contributed by atoms with Gasteiger partial charge in [-0.05, 0) is 13.8 Å². The Bertz CT molecular complexity index is 164. The van der Waals surface area contributed by atoms with Gasteiger partial charge in [-0.25, -0.2) is 0 Å². The minimum Gasteiger partial charge on any atom is -0.385 e. The van der Waals surface area contributed by atoms with Gasteiger partial charge >= 0.3 is 0 Å². The van der Waals surface area contributed by atoms with Gasteiger partial charge in [0.25, 0.3) is 5.91 Å². The summed E-state index contributed by atoms with van der Waals surface area (Å²) < 4.78 is 4.54. The summed E-state index contributed by atoms with van der Waals surface area (Å²) in [4.78, 5) is 19.9. The molecule has 0 unspecified atom stereocenters. The fourth-order valence-electron chi connectivity index (χ4n) is 0.280. The Morgan fingerprint density at radius 2 is 2.08 bits per heavy atom. The van der Waals surface area contributed by atoms with Crippen LogP contribution in [0.5, 0.6) is 0 Å². The molecule has 0 saturated heterocycles. The van der Waals surface area contributed by atoms with E-state index < -0.39 is 5.91 Å². The van der Waals surface area contributed by atoms with E-state index in [1.807, 2.05) is 6.92 Å². The highest BCUT2D eigenvalue weighted by Gasteiger charge is 1.93. The van der Waals surface area contributed by atoms with Crippen molar-refractivity contribution < 1.29 is 14.3 Å². The van der Waals surface area contributed by atoms with Gasteiger partial charge in [-0.2, -0.15) is 0 Å². The van der Waals surface area contributed by atoms with Gasteiger partial charge in [0.1, 0.15) is 0 Å². The zero-order chi connectivity index (χ0) is 10.7. The Labute approximate surface area is 79.0 Å². The van der Waals surface area contributed by atoms with Crippen LogP contribution in [0.1, 0.15) is 13.8 Å². The average Bonchev–Trinajstić information content (AvgIpc) is 2.14. The lowest BCUT2D eigenvalue weighted by atomic mass is 10.3. The Balaban J connectivity index is 0. The number of aldehydes is 1. The second kappa shape index (κ2) is 10.8. The van der Waals surface area contributed by atoms with Crippen LogP contribution in [-0.4, -0.2) is 32.5 Å². The Hall–Kier alpha value is -1.16. The molecular weight excluding hydrogens is 170 g/mol. The van der Waals surface area contributed by atoms with Gasteiger partial charge in [-0.15, -0.1) is 0 Å². The predicted molar refractivity (Wildman–Crippen MR) is 51.4 cm³/mol. The summed E-state index contributed by atoms with van der Waals surface area (Å²) in [5.41, 5.74) is 0.824. The largest absolute Gasteiger partial charge is 0.385 e. The van der Waals surface area contributed by atoms with Gasteiger partial charge in [-0.3, -0.25) is 9.59 Å². The molecule has 1 N–H and O–H groups in total. The van der Waals surface area contributed by atoms with Gasteiger partial charge in [0.15, 0.2) is 0 Å². The molecular formula is C9H17NO3. The second-order valence-electron chi connectivity index (χ2n) is 2.37. The van der Waals surface area contributed by atoms with Gasteiger partial charge in [0.2, 0.25) is 6.29 Å². The number of nitrogens with one attached hydrogen (secondary N) is 1. The van der Waals surface area contributed by atoms with Gasteiger partial charge in [-0.1, -0.05) is 12.2 Å². The maximum Gasteiger partial charge on any atom is 0.284 e. The van der Waals surface area contributed by atoms with Crippen LogP contribution in [0.3, 0.4) is 0 Å². The molecule has 0 saturated carbocycles. The van der Waals surface area contributed by atoms with Crippen molar-refractivity contribution in [3.63, 3.8) is 0 Å². The standard InChI is InChI=1S/C6H9NO2.C3H8O/c1-5(2)3-7-6(9)4-8;1-3-4-2/h4H,1,3H2,2H3,(H,7,9);3H2,1-2H3. The number of hydrogen-bond donors (Lipinski definition) is 1. The van der Waals surface area contributed by atoms with Crippen molar-refractivity contribution >= 4 is 12.2 Å². The zero-order valence-electron chi connectivity index (χ0n) is 8.42. The van der Waals surface area contributed by atoms with Crippen molar-refractivity contribution in [3.8, 4) is 0 Å². The van der Waals surface area contributed by atoms with E-state index in [-0.39, 0.29) is 6.29 Å². The fraction of sp³-hybridized carbons (Fsp3) is 0.556. The molecule has 0 aliphatic heterocycles. The lowest BCUT2D eigenvalue weighted by Crippen LogP contribution is -2.25. The number of hydrogen-bond acceptors (Lipinski definition) is 3. The quantitative estimate of drug-likeness (QED) is 0.397. The van der Waals surface area contributed by atoms with E-state index >= 15 is 0 Å². The lowest BCUT2D eigenvalue weighted by molar-refractivity contribution is -0.131. The molecule has 0 heterocycles. The van der Waals surface area contributed by atoms with Gasteiger partial charge in [0, 0.05) is 20.3 Å². The monoisotopic (exact) mass is 187 g/mol. The van der Waals surface area contributed by atoms with Crippen LogP contribution < -0.4 is 5.32 Å². The van der Waals surface area contributed by atoms with Crippen LogP contribution in [0.25, 0.3) is 0 Å². The highest BCUT2D eigenvalue weighted by molar-refractivity contribution is 6.23. The molecule has 13 heavy (non-hydrogen) atoms.